The Kier molecular flexibility index (Phi) is 4.60. The molecule has 2 rings (SSSR count). The molecule has 0 aromatic carbocycles. The van der Waals surface area contributed by atoms with Gasteiger partial charge >= 0.3 is 12.0 Å². The second-order valence-electron chi connectivity index (χ2n) is 5.14. The Balaban J connectivity index is 1.82. The maximum atomic E-state index is 12.0. The van der Waals surface area contributed by atoms with Crippen molar-refractivity contribution in [1.29, 1.82) is 0 Å². The molecule has 1 unspecified atom stereocenters. The minimum Gasteiger partial charge on any atom is -0.480 e. The predicted octanol–water partition coefficient (Wildman–Crippen LogP) is -0.358. The zero-order valence-corrected chi connectivity index (χ0v) is 10.7. The summed E-state index contributed by atoms with van der Waals surface area (Å²) in [7, 11) is 0. The van der Waals surface area contributed by atoms with Crippen molar-refractivity contribution in [2.24, 2.45) is 5.92 Å². The van der Waals surface area contributed by atoms with Crippen LogP contribution in [0.3, 0.4) is 0 Å². The lowest BCUT2D eigenvalue weighted by Crippen LogP contribution is -2.47. The number of carbonyl (C=O) groups excluding carboxylic acids is 1. The Morgan fingerprint density at radius 3 is 2.63 bits per heavy atom. The summed E-state index contributed by atoms with van der Waals surface area (Å²) in [6.07, 6.45) is 1.16. The van der Waals surface area contributed by atoms with Gasteiger partial charge in [0.05, 0.1) is 6.10 Å². The van der Waals surface area contributed by atoms with E-state index in [1.807, 2.05) is 0 Å². The van der Waals surface area contributed by atoms with Crippen LogP contribution < -0.4 is 5.32 Å². The van der Waals surface area contributed by atoms with Crippen LogP contribution in [0.5, 0.6) is 0 Å². The molecule has 0 radical (unpaired) electrons. The SMILES string of the molecule is O=C(O)[C@@H]1CC(O)CN1C(=O)NCC1CCOCC1. The molecule has 0 bridgehead atoms. The van der Waals surface area contributed by atoms with E-state index in [4.69, 9.17) is 9.84 Å². The highest BCUT2D eigenvalue weighted by molar-refractivity contribution is 5.83. The largest absolute Gasteiger partial charge is 0.480 e. The van der Waals surface area contributed by atoms with Gasteiger partial charge < -0.3 is 25.2 Å². The highest BCUT2D eigenvalue weighted by Crippen LogP contribution is 2.19. The first-order chi connectivity index (χ1) is 9.08. The lowest BCUT2D eigenvalue weighted by Gasteiger charge is -2.25. The number of nitrogens with zero attached hydrogens (tertiary/aromatic N) is 1. The summed E-state index contributed by atoms with van der Waals surface area (Å²) < 4.78 is 5.23. The van der Waals surface area contributed by atoms with Crippen LogP contribution in [-0.4, -0.2) is 65.6 Å². The number of carbonyl (C=O) groups is 2. The molecule has 2 aliphatic heterocycles. The molecule has 0 saturated carbocycles. The number of amides is 2. The standard InChI is InChI=1S/C12H20N2O5/c15-9-5-10(11(16)17)14(7-9)12(18)13-6-8-1-3-19-4-2-8/h8-10,15H,1-7H2,(H,13,18)(H,16,17)/t9?,10-/m0/s1. The number of urea groups is 1. The van der Waals surface area contributed by atoms with Crippen LogP contribution in [0.2, 0.25) is 0 Å². The molecule has 0 aromatic heterocycles. The van der Waals surface area contributed by atoms with Gasteiger partial charge in [-0.25, -0.2) is 9.59 Å². The van der Waals surface area contributed by atoms with E-state index in [1.54, 1.807) is 0 Å². The Hall–Kier alpha value is -1.34. The first-order valence-electron chi connectivity index (χ1n) is 6.61. The van der Waals surface area contributed by atoms with Gasteiger partial charge in [0.1, 0.15) is 6.04 Å². The Labute approximate surface area is 111 Å². The minimum absolute atomic E-state index is 0.0799. The van der Waals surface area contributed by atoms with Gasteiger partial charge in [0.25, 0.3) is 0 Å². The molecular weight excluding hydrogens is 252 g/mol. The number of aliphatic hydroxyl groups is 1. The lowest BCUT2D eigenvalue weighted by molar-refractivity contribution is -0.141. The summed E-state index contributed by atoms with van der Waals surface area (Å²) in [4.78, 5) is 24.2. The minimum atomic E-state index is -1.07. The Morgan fingerprint density at radius 1 is 1.32 bits per heavy atom. The molecule has 2 heterocycles. The number of rotatable bonds is 3. The molecule has 7 nitrogen and oxygen atoms in total. The summed E-state index contributed by atoms with van der Waals surface area (Å²) in [5.74, 6) is -0.689. The van der Waals surface area contributed by atoms with E-state index in [1.165, 1.54) is 4.90 Å². The van der Waals surface area contributed by atoms with E-state index in [9.17, 15) is 14.7 Å². The number of carboxylic acids is 1. The van der Waals surface area contributed by atoms with Gasteiger partial charge in [-0.3, -0.25) is 0 Å². The average Bonchev–Trinajstić information content (AvgIpc) is 2.79. The summed E-state index contributed by atoms with van der Waals surface area (Å²) in [6, 6.07) is -1.33. The Bertz CT molecular complexity index is 343. The second-order valence-corrected chi connectivity index (χ2v) is 5.14. The van der Waals surface area contributed by atoms with Crippen LogP contribution in [0.25, 0.3) is 0 Å². The number of carboxylic acid groups (broad SMARTS) is 1. The molecule has 2 saturated heterocycles. The van der Waals surface area contributed by atoms with Crippen molar-refractivity contribution in [2.75, 3.05) is 26.3 Å². The van der Waals surface area contributed by atoms with E-state index in [0.717, 1.165) is 12.8 Å². The third-order valence-corrected chi connectivity index (χ3v) is 3.71. The quantitative estimate of drug-likeness (QED) is 0.652. The third-order valence-electron chi connectivity index (χ3n) is 3.71. The van der Waals surface area contributed by atoms with Crippen LogP contribution in [0.15, 0.2) is 0 Å². The molecule has 2 amide bonds. The van der Waals surface area contributed by atoms with E-state index in [0.29, 0.717) is 25.7 Å². The maximum Gasteiger partial charge on any atom is 0.326 e. The number of aliphatic hydroxyl groups excluding tert-OH is 1. The number of β-amino-alcohol motifs (C(OH)–C–C–N with tert-alkyl or cyclic N) is 1. The van der Waals surface area contributed by atoms with Crippen LogP contribution in [-0.2, 0) is 9.53 Å². The normalized spacial score (nSPS) is 28.4. The number of likely N-dealkylation sites (tertiary alicyclic amines) is 1. The molecule has 0 spiro atoms. The van der Waals surface area contributed by atoms with Gasteiger partial charge in [0, 0.05) is 32.7 Å². The van der Waals surface area contributed by atoms with Crippen LogP contribution >= 0.6 is 0 Å². The molecule has 0 aliphatic carbocycles. The van der Waals surface area contributed by atoms with Crippen molar-refractivity contribution in [1.82, 2.24) is 10.2 Å². The molecule has 108 valence electrons. The summed E-state index contributed by atoms with van der Waals surface area (Å²) in [6.45, 7) is 2.03. The van der Waals surface area contributed by atoms with Crippen LogP contribution in [0.1, 0.15) is 19.3 Å². The van der Waals surface area contributed by atoms with E-state index in [2.05, 4.69) is 5.32 Å². The zero-order chi connectivity index (χ0) is 13.8. The molecule has 19 heavy (non-hydrogen) atoms. The molecule has 2 atom stereocenters. The van der Waals surface area contributed by atoms with Crippen LogP contribution in [0, 0.1) is 5.92 Å². The van der Waals surface area contributed by atoms with Gasteiger partial charge in [-0.2, -0.15) is 0 Å². The van der Waals surface area contributed by atoms with Gasteiger partial charge in [-0.15, -0.1) is 0 Å². The number of hydrogen-bond donors (Lipinski definition) is 3. The first kappa shape index (κ1) is 14.1. The second kappa shape index (κ2) is 6.21. The van der Waals surface area contributed by atoms with Crippen molar-refractivity contribution >= 4 is 12.0 Å². The number of ether oxygens (including phenoxy) is 1. The molecular formula is C12H20N2O5. The van der Waals surface area contributed by atoms with Crippen molar-refractivity contribution < 1.29 is 24.5 Å². The number of nitrogens with one attached hydrogen (secondary N) is 1. The highest BCUT2D eigenvalue weighted by Gasteiger charge is 2.39. The average molecular weight is 272 g/mol. The molecule has 7 heteroatoms. The monoisotopic (exact) mass is 272 g/mol. The Morgan fingerprint density at radius 2 is 2.00 bits per heavy atom. The maximum absolute atomic E-state index is 12.0. The summed E-state index contributed by atoms with van der Waals surface area (Å²) in [5.41, 5.74) is 0. The fourth-order valence-corrected chi connectivity index (χ4v) is 2.56. The van der Waals surface area contributed by atoms with Crippen LogP contribution in [0.4, 0.5) is 4.79 Å². The van der Waals surface area contributed by atoms with Gasteiger partial charge in [-0.1, -0.05) is 0 Å². The van der Waals surface area contributed by atoms with Crippen molar-refractivity contribution in [2.45, 2.75) is 31.4 Å². The molecule has 0 aromatic rings. The third kappa shape index (κ3) is 3.57. The van der Waals surface area contributed by atoms with Crippen molar-refractivity contribution in [3.63, 3.8) is 0 Å². The zero-order valence-electron chi connectivity index (χ0n) is 10.7. The predicted molar refractivity (Wildman–Crippen MR) is 65.7 cm³/mol. The van der Waals surface area contributed by atoms with Crippen molar-refractivity contribution in [3.05, 3.63) is 0 Å². The fraction of sp³-hybridized carbons (Fsp3) is 0.833. The van der Waals surface area contributed by atoms with Gasteiger partial charge in [0.15, 0.2) is 0 Å². The summed E-state index contributed by atoms with van der Waals surface area (Å²) >= 11 is 0. The number of hydrogen-bond acceptors (Lipinski definition) is 4. The lowest BCUT2D eigenvalue weighted by atomic mass is 10.0. The smallest absolute Gasteiger partial charge is 0.326 e. The van der Waals surface area contributed by atoms with E-state index in [-0.39, 0.29) is 13.0 Å². The van der Waals surface area contributed by atoms with E-state index >= 15 is 0 Å². The fourth-order valence-electron chi connectivity index (χ4n) is 2.56. The molecule has 2 aliphatic rings. The molecule has 2 fully saturated rings. The topological polar surface area (TPSA) is 99.1 Å². The van der Waals surface area contributed by atoms with E-state index < -0.39 is 24.1 Å². The highest BCUT2D eigenvalue weighted by atomic mass is 16.5. The van der Waals surface area contributed by atoms with Crippen molar-refractivity contribution in [3.8, 4) is 0 Å². The summed E-state index contributed by atoms with van der Waals surface area (Å²) in [5, 5.41) is 21.3. The molecule has 3 N–H and O–H groups in total. The van der Waals surface area contributed by atoms with Gasteiger partial charge in [-0.05, 0) is 18.8 Å². The first-order valence-corrected chi connectivity index (χ1v) is 6.61. The van der Waals surface area contributed by atoms with Gasteiger partial charge in [0.2, 0.25) is 0 Å². The number of aliphatic carboxylic acids is 1.